The van der Waals surface area contributed by atoms with Gasteiger partial charge in [0.2, 0.25) is 0 Å². The van der Waals surface area contributed by atoms with E-state index in [0.29, 0.717) is 25.2 Å². The predicted octanol–water partition coefficient (Wildman–Crippen LogP) is 3.46. The van der Waals surface area contributed by atoms with Crippen LogP contribution >= 0.6 is 0 Å². The lowest BCUT2D eigenvalue weighted by molar-refractivity contribution is -0.217. The first-order valence-corrected chi connectivity index (χ1v) is 12.0. The van der Waals surface area contributed by atoms with Crippen LogP contribution in [0.4, 0.5) is 0 Å². The van der Waals surface area contributed by atoms with Crippen molar-refractivity contribution in [2.24, 2.45) is 39.2 Å². The van der Waals surface area contributed by atoms with Crippen LogP contribution in [0.15, 0.2) is 5.16 Å². The normalized spacial score (nSPS) is 45.4. The Morgan fingerprint density at radius 2 is 1.74 bits per heavy atom. The van der Waals surface area contributed by atoms with Crippen LogP contribution in [0.1, 0.15) is 72.6 Å². The molecule has 6 nitrogen and oxygen atoms in total. The quantitative estimate of drug-likeness (QED) is 0.544. The van der Waals surface area contributed by atoms with Crippen molar-refractivity contribution in [2.45, 2.75) is 78.2 Å². The van der Waals surface area contributed by atoms with E-state index in [0.717, 1.165) is 44.4 Å². The van der Waals surface area contributed by atoms with Gasteiger partial charge >= 0.3 is 0 Å². The SMILES string of the molecule is CN(C)CCO/N=C1\CC[C@]2(C)[C@H]3CC[C@]4(C)C(=O)CC[C@H]4[C@@H]3CC(=O)[C@@]2(O)C1(C)C. The zero-order chi connectivity index (χ0) is 22.8. The third-order valence-corrected chi connectivity index (χ3v) is 9.93. The number of likely N-dealkylation sites (N-methyl/N-ethyl adjacent to an activating group) is 1. The first-order valence-electron chi connectivity index (χ1n) is 12.0. The molecule has 174 valence electrons. The van der Waals surface area contributed by atoms with Gasteiger partial charge in [-0.2, -0.15) is 0 Å². The van der Waals surface area contributed by atoms with E-state index in [-0.39, 0.29) is 29.0 Å². The first kappa shape index (κ1) is 22.9. The monoisotopic (exact) mass is 432 g/mol. The van der Waals surface area contributed by atoms with Crippen LogP contribution < -0.4 is 0 Å². The molecule has 0 amide bonds. The molecule has 0 unspecified atom stereocenters. The third kappa shape index (κ3) is 3.00. The van der Waals surface area contributed by atoms with Crippen molar-refractivity contribution in [3.63, 3.8) is 0 Å². The number of Topliss-reactive ketones (excluding diaryl/α,β-unsaturated/α-hetero) is 2. The van der Waals surface area contributed by atoms with Gasteiger partial charge in [-0.1, -0.05) is 32.9 Å². The second-order valence-electron chi connectivity index (χ2n) is 11.8. The van der Waals surface area contributed by atoms with Gasteiger partial charge in [-0.05, 0) is 64.0 Å². The smallest absolute Gasteiger partial charge is 0.166 e. The molecule has 0 aliphatic heterocycles. The molecule has 0 aromatic heterocycles. The van der Waals surface area contributed by atoms with Crippen molar-refractivity contribution in [1.29, 1.82) is 0 Å². The Hall–Kier alpha value is -1.27. The minimum atomic E-state index is -1.46. The molecule has 0 bridgehead atoms. The van der Waals surface area contributed by atoms with Crippen molar-refractivity contribution in [1.82, 2.24) is 4.90 Å². The standard InChI is InChI=1S/C25H40N2O4/c1-22(2)19(26-31-14-13-27(5)6)10-12-24(4)18-9-11-23(3)17(7-8-20(23)28)16(18)15-21(29)25(22,24)30/h16-18,30H,7-15H2,1-6H3/b26-19+/t16-,17-,18-,23-,24+,25+/m0/s1. The lowest BCUT2D eigenvalue weighted by Gasteiger charge is -2.65. The Balaban J connectivity index is 1.65. The molecule has 31 heavy (non-hydrogen) atoms. The molecule has 0 spiro atoms. The highest BCUT2D eigenvalue weighted by Crippen LogP contribution is 2.68. The summed E-state index contributed by atoms with van der Waals surface area (Å²) in [5.41, 5.74) is -2.24. The van der Waals surface area contributed by atoms with Crippen LogP contribution in [-0.2, 0) is 14.4 Å². The second-order valence-corrected chi connectivity index (χ2v) is 11.8. The summed E-state index contributed by atoms with van der Waals surface area (Å²) in [6, 6.07) is 0. The van der Waals surface area contributed by atoms with E-state index >= 15 is 0 Å². The van der Waals surface area contributed by atoms with Crippen LogP contribution in [0.25, 0.3) is 0 Å². The maximum Gasteiger partial charge on any atom is 0.166 e. The van der Waals surface area contributed by atoms with Gasteiger partial charge in [-0.15, -0.1) is 0 Å². The summed E-state index contributed by atoms with van der Waals surface area (Å²) in [4.78, 5) is 34.0. The van der Waals surface area contributed by atoms with Crippen LogP contribution in [0.3, 0.4) is 0 Å². The third-order valence-electron chi connectivity index (χ3n) is 9.93. The molecular weight excluding hydrogens is 392 g/mol. The van der Waals surface area contributed by atoms with Gasteiger partial charge in [0.15, 0.2) is 5.78 Å². The van der Waals surface area contributed by atoms with E-state index in [9.17, 15) is 14.7 Å². The number of fused-ring (bicyclic) bond motifs is 5. The number of carbonyl (C=O) groups is 2. The van der Waals surface area contributed by atoms with Crippen LogP contribution in [0.5, 0.6) is 0 Å². The van der Waals surface area contributed by atoms with E-state index in [1.165, 1.54) is 0 Å². The molecule has 6 heteroatoms. The second kappa shape index (κ2) is 7.38. The molecule has 0 radical (unpaired) electrons. The number of rotatable bonds is 4. The summed E-state index contributed by atoms with van der Waals surface area (Å²) in [5, 5.41) is 16.6. The van der Waals surface area contributed by atoms with E-state index in [4.69, 9.17) is 4.84 Å². The fourth-order valence-corrected chi connectivity index (χ4v) is 7.92. The van der Waals surface area contributed by atoms with Crippen molar-refractivity contribution in [3.8, 4) is 0 Å². The Kier molecular flexibility index (Phi) is 5.45. The van der Waals surface area contributed by atoms with Crippen molar-refractivity contribution >= 4 is 17.3 Å². The summed E-state index contributed by atoms with van der Waals surface area (Å²) >= 11 is 0. The molecule has 1 N–H and O–H groups in total. The highest BCUT2D eigenvalue weighted by atomic mass is 16.6. The fourth-order valence-electron chi connectivity index (χ4n) is 7.92. The largest absolute Gasteiger partial charge is 0.394 e. The minimum absolute atomic E-state index is 0.0643. The van der Waals surface area contributed by atoms with Gasteiger partial charge in [-0.3, -0.25) is 9.59 Å². The highest BCUT2D eigenvalue weighted by molar-refractivity contribution is 6.02. The number of hydrogen-bond donors (Lipinski definition) is 1. The Bertz CT molecular complexity index is 805. The van der Waals surface area contributed by atoms with Gasteiger partial charge in [0, 0.05) is 35.6 Å². The Morgan fingerprint density at radius 3 is 2.42 bits per heavy atom. The average Bonchev–Trinajstić information content (AvgIpc) is 2.99. The summed E-state index contributed by atoms with van der Waals surface area (Å²) in [6.07, 6.45) is 5.17. The zero-order valence-corrected chi connectivity index (χ0v) is 20.2. The molecular formula is C25H40N2O4. The van der Waals surface area contributed by atoms with Gasteiger partial charge in [0.05, 0.1) is 5.71 Å². The number of carbonyl (C=O) groups excluding carboxylic acids is 2. The Labute approximate surface area is 186 Å². The van der Waals surface area contributed by atoms with E-state index < -0.39 is 16.4 Å². The summed E-state index contributed by atoms with van der Waals surface area (Å²) < 4.78 is 0. The summed E-state index contributed by atoms with van der Waals surface area (Å²) in [5.74, 6) is 1.05. The topological polar surface area (TPSA) is 79.2 Å². The van der Waals surface area contributed by atoms with E-state index in [2.05, 4.69) is 19.0 Å². The molecule has 0 aromatic carbocycles. The van der Waals surface area contributed by atoms with Crippen LogP contribution in [0, 0.1) is 34.0 Å². The number of aliphatic hydroxyl groups is 1. The average molecular weight is 433 g/mol. The summed E-state index contributed by atoms with van der Waals surface area (Å²) in [7, 11) is 3.97. The predicted molar refractivity (Wildman–Crippen MR) is 120 cm³/mol. The van der Waals surface area contributed by atoms with Crippen molar-refractivity contribution in [3.05, 3.63) is 0 Å². The molecule has 6 atom stereocenters. The number of hydrogen-bond acceptors (Lipinski definition) is 6. The van der Waals surface area contributed by atoms with Crippen LogP contribution in [-0.4, -0.2) is 60.1 Å². The molecule has 4 aliphatic rings. The molecule has 4 saturated carbocycles. The van der Waals surface area contributed by atoms with Gasteiger partial charge < -0.3 is 14.8 Å². The maximum absolute atomic E-state index is 13.7. The van der Waals surface area contributed by atoms with Crippen molar-refractivity contribution in [2.75, 3.05) is 27.2 Å². The molecule has 4 aliphatic carbocycles. The number of nitrogens with zero attached hydrogens (tertiary/aromatic N) is 2. The van der Waals surface area contributed by atoms with Gasteiger partial charge in [0.25, 0.3) is 0 Å². The summed E-state index contributed by atoms with van der Waals surface area (Å²) in [6.45, 7) is 9.42. The lowest BCUT2D eigenvalue weighted by Crippen LogP contribution is -2.73. The minimum Gasteiger partial charge on any atom is -0.394 e. The molecule has 0 saturated heterocycles. The van der Waals surface area contributed by atoms with E-state index in [1.54, 1.807) is 0 Å². The van der Waals surface area contributed by atoms with Gasteiger partial charge in [-0.25, -0.2) is 0 Å². The molecule has 0 heterocycles. The van der Waals surface area contributed by atoms with Crippen LogP contribution in [0.2, 0.25) is 0 Å². The van der Waals surface area contributed by atoms with Crippen molar-refractivity contribution < 1.29 is 19.5 Å². The molecule has 4 rings (SSSR count). The fraction of sp³-hybridized carbons (Fsp3) is 0.880. The molecule has 4 fully saturated rings. The Morgan fingerprint density at radius 1 is 1.03 bits per heavy atom. The number of oxime groups is 1. The maximum atomic E-state index is 13.7. The molecule has 0 aromatic rings. The highest BCUT2D eigenvalue weighted by Gasteiger charge is 2.72. The first-order chi connectivity index (χ1) is 14.4. The lowest BCUT2D eigenvalue weighted by atomic mass is 9.39. The zero-order valence-electron chi connectivity index (χ0n) is 20.2. The van der Waals surface area contributed by atoms with Gasteiger partial charge in [0.1, 0.15) is 18.0 Å². The van der Waals surface area contributed by atoms with E-state index in [1.807, 2.05) is 32.8 Å². The number of ketones is 2.